The summed E-state index contributed by atoms with van der Waals surface area (Å²) < 4.78 is 2.18. The third-order valence-electron chi connectivity index (χ3n) is 4.35. The maximum atomic E-state index is 12.6. The minimum absolute atomic E-state index is 0.225. The van der Waals surface area contributed by atoms with Crippen LogP contribution in [0.3, 0.4) is 0 Å². The minimum atomic E-state index is -0.225. The van der Waals surface area contributed by atoms with Crippen molar-refractivity contribution in [3.8, 4) is 11.3 Å². The number of hydrogen-bond acceptors (Lipinski definition) is 3. The molecule has 0 bridgehead atoms. The van der Waals surface area contributed by atoms with Crippen LogP contribution in [-0.2, 0) is 0 Å². The van der Waals surface area contributed by atoms with Crippen molar-refractivity contribution in [2.75, 3.05) is 5.32 Å². The van der Waals surface area contributed by atoms with Gasteiger partial charge in [0.05, 0.1) is 16.9 Å². The number of H-pyrrole nitrogens is 1. The molecular formula is C20H19N5O. The van der Waals surface area contributed by atoms with Crippen LogP contribution in [0.1, 0.15) is 30.4 Å². The normalized spacial score (nSPS) is 11.2. The van der Waals surface area contributed by atoms with Gasteiger partial charge >= 0.3 is 0 Å². The molecule has 1 amide bonds. The molecule has 26 heavy (non-hydrogen) atoms. The van der Waals surface area contributed by atoms with Gasteiger partial charge in [-0.15, -0.1) is 0 Å². The Morgan fingerprint density at radius 2 is 2.08 bits per heavy atom. The standard InChI is InChI=1S/C20H19N5O/c1-13(2)25-10-8-15-16(6-3-7-19(15)25)22-20(26)18-11-17(23-24-18)14-5-4-9-21-12-14/h3-13H,1-2H3,(H,22,26)(H,23,24). The molecule has 0 atom stereocenters. The van der Waals surface area contributed by atoms with Crippen LogP contribution in [0.4, 0.5) is 5.69 Å². The Bertz CT molecular complexity index is 1060. The van der Waals surface area contributed by atoms with Crippen molar-refractivity contribution < 1.29 is 4.79 Å². The van der Waals surface area contributed by atoms with E-state index in [1.807, 2.05) is 36.5 Å². The fraction of sp³-hybridized carbons (Fsp3) is 0.150. The van der Waals surface area contributed by atoms with E-state index in [1.165, 1.54) is 0 Å². The molecule has 0 aliphatic heterocycles. The van der Waals surface area contributed by atoms with Gasteiger partial charge in [0.25, 0.3) is 5.91 Å². The van der Waals surface area contributed by atoms with Crippen molar-refractivity contribution >= 4 is 22.5 Å². The number of hydrogen-bond donors (Lipinski definition) is 2. The molecule has 3 aromatic heterocycles. The second-order valence-electron chi connectivity index (χ2n) is 6.42. The highest BCUT2D eigenvalue weighted by atomic mass is 16.1. The number of benzene rings is 1. The van der Waals surface area contributed by atoms with E-state index in [-0.39, 0.29) is 5.91 Å². The molecule has 0 unspecified atom stereocenters. The predicted molar refractivity (Wildman–Crippen MR) is 102 cm³/mol. The highest BCUT2D eigenvalue weighted by Crippen LogP contribution is 2.27. The number of carbonyl (C=O) groups excluding carboxylic acids is 1. The Kier molecular flexibility index (Phi) is 4.01. The number of rotatable bonds is 4. The number of anilines is 1. The molecule has 0 radical (unpaired) electrons. The number of carbonyl (C=O) groups is 1. The zero-order chi connectivity index (χ0) is 18.1. The fourth-order valence-corrected chi connectivity index (χ4v) is 3.04. The highest BCUT2D eigenvalue weighted by molar-refractivity contribution is 6.08. The van der Waals surface area contributed by atoms with Gasteiger partial charge in [-0.2, -0.15) is 5.10 Å². The highest BCUT2D eigenvalue weighted by Gasteiger charge is 2.14. The van der Waals surface area contributed by atoms with E-state index in [0.29, 0.717) is 17.4 Å². The SMILES string of the molecule is CC(C)n1ccc2c(NC(=O)c3cc(-c4cccnc4)n[nH]3)cccc21. The molecule has 4 aromatic rings. The van der Waals surface area contributed by atoms with E-state index in [9.17, 15) is 4.79 Å². The van der Waals surface area contributed by atoms with Gasteiger partial charge in [0.2, 0.25) is 0 Å². The largest absolute Gasteiger partial charge is 0.345 e. The van der Waals surface area contributed by atoms with Crippen LogP contribution in [0.25, 0.3) is 22.2 Å². The van der Waals surface area contributed by atoms with E-state index in [4.69, 9.17) is 0 Å². The smallest absolute Gasteiger partial charge is 0.273 e. The van der Waals surface area contributed by atoms with Crippen LogP contribution in [0.15, 0.2) is 61.1 Å². The van der Waals surface area contributed by atoms with Crippen molar-refractivity contribution in [3.63, 3.8) is 0 Å². The molecule has 0 aliphatic carbocycles. The first-order valence-electron chi connectivity index (χ1n) is 8.50. The first-order valence-corrected chi connectivity index (χ1v) is 8.50. The predicted octanol–water partition coefficient (Wildman–Crippen LogP) is 4.26. The van der Waals surface area contributed by atoms with Crippen molar-refractivity contribution in [1.29, 1.82) is 0 Å². The summed E-state index contributed by atoms with van der Waals surface area (Å²) in [5, 5.41) is 11.0. The van der Waals surface area contributed by atoms with Crippen LogP contribution in [0.2, 0.25) is 0 Å². The molecule has 0 saturated carbocycles. The molecule has 0 spiro atoms. The Hall–Kier alpha value is -3.41. The number of pyridine rings is 1. The van der Waals surface area contributed by atoms with Gasteiger partial charge in [-0.3, -0.25) is 14.9 Å². The van der Waals surface area contributed by atoms with Crippen LogP contribution in [0.5, 0.6) is 0 Å². The molecule has 0 aliphatic rings. The molecule has 0 fully saturated rings. The number of fused-ring (bicyclic) bond motifs is 1. The van der Waals surface area contributed by atoms with Gasteiger partial charge < -0.3 is 9.88 Å². The van der Waals surface area contributed by atoms with Crippen LogP contribution in [0, 0.1) is 0 Å². The maximum absolute atomic E-state index is 12.6. The maximum Gasteiger partial charge on any atom is 0.273 e. The molecular weight excluding hydrogens is 326 g/mol. The lowest BCUT2D eigenvalue weighted by atomic mass is 10.2. The van der Waals surface area contributed by atoms with E-state index < -0.39 is 0 Å². The summed E-state index contributed by atoms with van der Waals surface area (Å²) in [6.45, 7) is 4.27. The Labute approximate surface area is 150 Å². The van der Waals surface area contributed by atoms with Gasteiger partial charge in [0.1, 0.15) is 5.69 Å². The Morgan fingerprint density at radius 3 is 2.85 bits per heavy atom. The van der Waals surface area contributed by atoms with Gasteiger partial charge in [0.15, 0.2) is 0 Å². The lowest BCUT2D eigenvalue weighted by Crippen LogP contribution is -2.12. The monoisotopic (exact) mass is 345 g/mol. The summed E-state index contributed by atoms with van der Waals surface area (Å²) in [6.07, 6.45) is 5.46. The topological polar surface area (TPSA) is 75.6 Å². The summed E-state index contributed by atoms with van der Waals surface area (Å²) in [7, 11) is 0. The average molecular weight is 345 g/mol. The van der Waals surface area contributed by atoms with Crippen LogP contribution < -0.4 is 5.32 Å². The molecule has 6 heteroatoms. The summed E-state index contributed by atoms with van der Waals surface area (Å²) >= 11 is 0. The van der Waals surface area contributed by atoms with Gasteiger partial charge in [-0.05, 0) is 50.2 Å². The third kappa shape index (κ3) is 2.86. The van der Waals surface area contributed by atoms with Crippen molar-refractivity contribution in [3.05, 3.63) is 66.7 Å². The number of nitrogens with one attached hydrogen (secondary N) is 2. The first kappa shape index (κ1) is 16.1. The number of aromatic nitrogens is 4. The van der Waals surface area contributed by atoms with Gasteiger partial charge in [-0.1, -0.05) is 6.07 Å². The quantitative estimate of drug-likeness (QED) is 0.580. The van der Waals surface area contributed by atoms with Crippen molar-refractivity contribution in [1.82, 2.24) is 19.7 Å². The van der Waals surface area contributed by atoms with E-state index in [0.717, 1.165) is 22.2 Å². The summed E-state index contributed by atoms with van der Waals surface area (Å²) in [5.74, 6) is -0.225. The van der Waals surface area contributed by atoms with E-state index >= 15 is 0 Å². The second kappa shape index (κ2) is 6.48. The molecule has 6 nitrogen and oxygen atoms in total. The molecule has 2 N–H and O–H groups in total. The first-order chi connectivity index (χ1) is 12.6. The van der Waals surface area contributed by atoms with Gasteiger partial charge in [0, 0.05) is 35.6 Å². The molecule has 130 valence electrons. The Balaban J connectivity index is 1.61. The minimum Gasteiger partial charge on any atom is -0.345 e. The molecule has 0 saturated heterocycles. The number of amides is 1. The van der Waals surface area contributed by atoms with Crippen molar-refractivity contribution in [2.24, 2.45) is 0 Å². The summed E-state index contributed by atoms with van der Waals surface area (Å²) in [6, 6.07) is 13.8. The zero-order valence-electron chi connectivity index (χ0n) is 14.6. The molecule has 4 rings (SSSR count). The van der Waals surface area contributed by atoms with Crippen LogP contribution in [-0.4, -0.2) is 25.7 Å². The third-order valence-corrected chi connectivity index (χ3v) is 4.35. The van der Waals surface area contributed by atoms with E-state index in [2.05, 4.69) is 45.0 Å². The molecule has 3 heterocycles. The Morgan fingerprint density at radius 1 is 1.19 bits per heavy atom. The fourth-order valence-electron chi connectivity index (χ4n) is 3.04. The summed E-state index contributed by atoms with van der Waals surface area (Å²) in [5.41, 5.74) is 3.83. The summed E-state index contributed by atoms with van der Waals surface area (Å²) in [4.78, 5) is 16.7. The van der Waals surface area contributed by atoms with Crippen molar-refractivity contribution in [2.45, 2.75) is 19.9 Å². The number of aromatic amines is 1. The lowest BCUT2D eigenvalue weighted by Gasteiger charge is -2.10. The second-order valence-corrected chi connectivity index (χ2v) is 6.42. The average Bonchev–Trinajstić information content (AvgIpc) is 3.30. The number of nitrogens with zero attached hydrogens (tertiary/aromatic N) is 3. The zero-order valence-corrected chi connectivity index (χ0v) is 14.6. The van der Waals surface area contributed by atoms with E-state index in [1.54, 1.807) is 18.5 Å². The van der Waals surface area contributed by atoms with Gasteiger partial charge in [-0.25, -0.2) is 0 Å². The lowest BCUT2D eigenvalue weighted by molar-refractivity contribution is 0.102. The molecule has 1 aromatic carbocycles. The van der Waals surface area contributed by atoms with Crippen LogP contribution >= 0.6 is 0 Å².